The fraction of sp³-hybridized carbons (Fsp3) is 0.174. The predicted molar refractivity (Wildman–Crippen MR) is 121 cm³/mol. The van der Waals surface area contributed by atoms with E-state index in [4.69, 9.17) is 8.83 Å². The zero-order valence-electron chi connectivity index (χ0n) is 17.8. The van der Waals surface area contributed by atoms with Gasteiger partial charge in [0.25, 0.3) is 0 Å². The molecule has 0 aliphatic carbocycles. The summed E-state index contributed by atoms with van der Waals surface area (Å²) in [6, 6.07) is 17.0. The van der Waals surface area contributed by atoms with Crippen LogP contribution in [0.15, 0.2) is 80.7 Å². The topological polar surface area (TPSA) is 127 Å². The van der Waals surface area contributed by atoms with Gasteiger partial charge in [0, 0.05) is 24.1 Å². The molecular weight excluding hydrogens is 444 g/mol. The number of aromatic nitrogens is 2. The second-order valence-electron chi connectivity index (χ2n) is 7.34. The van der Waals surface area contributed by atoms with Crippen molar-refractivity contribution in [3.05, 3.63) is 84.1 Å². The van der Waals surface area contributed by atoms with Crippen LogP contribution < -0.4 is 10.0 Å². The summed E-state index contributed by atoms with van der Waals surface area (Å²) in [5.41, 5.74) is 2.43. The van der Waals surface area contributed by atoms with Gasteiger partial charge in [0.1, 0.15) is 5.76 Å². The van der Waals surface area contributed by atoms with Crippen molar-refractivity contribution in [2.75, 3.05) is 5.32 Å². The number of furan rings is 1. The summed E-state index contributed by atoms with van der Waals surface area (Å²) < 4.78 is 38.0. The van der Waals surface area contributed by atoms with Gasteiger partial charge in [-0.1, -0.05) is 17.7 Å². The molecule has 0 spiro atoms. The van der Waals surface area contributed by atoms with Crippen molar-refractivity contribution in [1.82, 2.24) is 14.9 Å². The average Bonchev–Trinajstić information content (AvgIpc) is 3.50. The molecule has 2 N–H and O–H groups in total. The first-order valence-electron chi connectivity index (χ1n) is 10.2. The summed E-state index contributed by atoms with van der Waals surface area (Å²) in [6.45, 7) is 2.04. The quantitative estimate of drug-likeness (QED) is 0.385. The minimum atomic E-state index is -3.70. The number of nitrogens with one attached hydrogen (secondary N) is 2. The van der Waals surface area contributed by atoms with Gasteiger partial charge in [0.15, 0.2) is 0 Å². The van der Waals surface area contributed by atoms with Gasteiger partial charge in [-0.05, 0) is 55.5 Å². The number of carbonyl (C=O) groups excluding carboxylic acids is 1. The van der Waals surface area contributed by atoms with Gasteiger partial charge in [0.2, 0.25) is 27.7 Å². The van der Waals surface area contributed by atoms with Crippen molar-refractivity contribution in [2.24, 2.45) is 0 Å². The molecule has 0 aliphatic heterocycles. The Morgan fingerprint density at radius 3 is 2.45 bits per heavy atom. The van der Waals surface area contributed by atoms with Gasteiger partial charge in [-0.25, -0.2) is 13.1 Å². The van der Waals surface area contributed by atoms with Gasteiger partial charge in [-0.15, -0.1) is 10.2 Å². The summed E-state index contributed by atoms with van der Waals surface area (Å²) in [5, 5.41) is 10.7. The molecule has 2 aromatic heterocycles. The lowest BCUT2D eigenvalue weighted by Crippen LogP contribution is -2.23. The van der Waals surface area contributed by atoms with E-state index in [1.807, 2.05) is 31.2 Å². The third kappa shape index (κ3) is 5.93. The lowest BCUT2D eigenvalue weighted by atomic mass is 10.1. The molecule has 1 amide bonds. The number of carbonyl (C=O) groups is 1. The Labute approximate surface area is 190 Å². The molecule has 33 heavy (non-hydrogen) atoms. The smallest absolute Gasteiger partial charge is 0.247 e. The maximum atomic E-state index is 12.4. The fourth-order valence-electron chi connectivity index (χ4n) is 2.99. The SMILES string of the molecule is Cc1ccc(-c2nnc(CCC(=O)Nc3ccc(S(=O)(=O)NCc4ccco4)cc3)o2)cc1. The molecular formula is C23H22N4O5S. The second kappa shape index (κ2) is 9.80. The highest BCUT2D eigenvalue weighted by molar-refractivity contribution is 7.89. The molecule has 0 bridgehead atoms. The van der Waals surface area contributed by atoms with E-state index in [0.717, 1.165) is 11.1 Å². The van der Waals surface area contributed by atoms with Gasteiger partial charge in [-0.2, -0.15) is 0 Å². The molecule has 0 aliphatic rings. The molecule has 0 radical (unpaired) electrons. The summed E-state index contributed by atoms with van der Waals surface area (Å²) >= 11 is 0. The maximum absolute atomic E-state index is 12.4. The molecule has 0 unspecified atom stereocenters. The van der Waals surface area contributed by atoms with E-state index in [1.165, 1.54) is 30.5 Å². The van der Waals surface area contributed by atoms with Crippen LogP contribution in [0.4, 0.5) is 5.69 Å². The number of rotatable bonds is 9. The van der Waals surface area contributed by atoms with E-state index in [1.54, 1.807) is 12.1 Å². The van der Waals surface area contributed by atoms with Crippen LogP contribution in [-0.2, 0) is 27.8 Å². The zero-order valence-corrected chi connectivity index (χ0v) is 18.6. The summed E-state index contributed by atoms with van der Waals surface area (Å²) in [7, 11) is -3.70. The van der Waals surface area contributed by atoms with E-state index in [2.05, 4.69) is 20.2 Å². The van der Waals surface area contributed by atoms with Crippen molar-refractivity contribution in [2.45, 2.75) is 31.2 Å². The van der Waals surface area contributed by atoms with Crippen molar-refractivity contribution in [3.63, 3.8) is 0 Å². The zero-order chi connectivity index (χ0) is 23.3. The first kappa shape index (κ1) is 22.4. The van der Waals surface area contributed by atoms with Crippen LogP contribution in [0.3, 0.4) is 0 Å². The fourth-order valence-corrected chi connectivity index (χ4v) is 3.98. The first-order valence-corrected chi connectivity index (χ1v) is 11.7. The van der Waals surface area contributed by atoms with Crippen LogP contribution in [-0.4, -0.2) is 24.5 Å². The molecule has 0 saturated carbocycles. The predicted octanol–water partition coefficient (Wildman–Crippen LogP) is 3.69. The molecule has 0 saturated heterocycles. The van der Waals surface area contributed by atoms with Crippen molar-refractivity contribution in [1.29, 1.82) is 0 Å². The third-order valence-corrected chi connectivity index (χ3v) is 6.21. The van der Waals surface area contributed by atoms with Gasteiger partial charge in [-0.3, -0.25) is 4.79 Å². The van der Waals surface area contributed by atoms with Crippen LogP contribution >= 0.6 is 0 Å². The summed E-state index contributed by atoms with van der Waals surface area (Å²) in [4.78, 5) is 12.4. The van der Waals surface area contributed by atoms with Crippen LogP contribution in [0, 0.1) is 6.92 Å². The molecule has 170 valence electrons. The van der Waals surface area contributed by atoms with Crippen LogP contribution in [0.2, 0.25) is 0 Å². The largest absolute Gasteiger partial charge is 0.468 e. The number of amides is 1. The second-order valence-corrected chi connectivity index (χ2v) is 9.11. The van der Waals surface area contributed by atoms with Crippen LogP contribution in [0.1, 0.15) is 23.6 Å². The normalized spacial score (nSPS) is 11.4. The maximum Gasteiger partial charge on any atom is 0.247 e. The van der Waals surface area contributed by atoms with Crippen molar-refractivity contribution in [3.8, 4) is 11.5 Å². The molecule has 0 fully saturated rings. The Bertz CT molecular complexity index is 1310. The first-order chi connectivity index (χ1) is 15.9. The lowest BCUT2D eigenvalue weighted by Gasteiger charge is -2.08. The summed E-state index contributed by atoms with van der Waals surface area (Å²) in [6.07, 6.45) is 1.90. The molecule has 0 atom stereocenters. The van der Waals surface area contributed by atoms with E-state index >= 15 is 0 Å². The highest BCUT2D eigenvalue weighted by atomic mass is 32.2. The Balaban J connectivity index is 1.28. The Morgan fingerprint density at radius 1 is 1.00 bits per heavy atom. The summed E-state index contributed by atoms with van der Waals surface area (Å²) in [5.74, 6) is 1.03. The monoisotopic (exact) mass is 466 g/mol. The minimum Gasteiger partial charge on any atom is -0.468 e. The number of hydrogen-bond acceptors (Lipinski definition) is 7. The number of benzene rings is 2. The standard InChI is InChI=1S/C23H22N4O5S/c1-16-4-6-17(7-5-16)23-27-26-22(32-23)13-12-21(28)25-18-8-10-20(11-9-18)33(29,30)24-15-19-3-2-14-31-19/h2-11,14,24H,12-13,15H2,1H3,(H,25,28). The van der Waals surface area contributed by atoms with Crippen molar-refractivity contribution >= 4 is 21.6 Å². The van der Waals surface area contributed by atoms with Gasteiger partial charge < -0.3 is 14.2 Å². The van der Waals surface area contributed by atoms with E-state index in [9.17, 15) is 13.2 Å². The van der Waals surface area contributed by atoms with Crippen LogP contribution in [0.5, 0.6) is 0 Å². The molecule has 2 aromatic carbocycles. The minimum absolute atomic E-state index is 0.0507. The molecule has 4 rings (SSSR count). The highest BCUT2D eigenvalue weighted by Crippen LogP contribution is 2.19. The Morgan fingerprint density at radius 2 is 1.76 bits per heavy atom. The number of nitrogens with zero attached hydrogens (tertiary/aromatic N) is 2. The van der Waals surface area contributed by atoms with Crippen LogP contribution in [0.25, 0.3) is 11.5 Å². The number of hydrogen-bond donors (Lipinski definition) is 2. The van der Waals surface area contributed by atoms with E-state index < -0.39 is 10.0 Å². The van der Waals surface area contributed by atoms with Crippen molar-refractivity contribution < 1.29 is 22.0 Å². The molecule has 2 heterocycles. The molecule has 9 nitrogen and oxygen atoms in total. The van der Waals surface area contributed by atoms with Gasteiger partial charge >= 0.3 is 0 Å². The molecule has 10 heteroatoms. The Kier molecular flexibility index (Phi) is 6.66. The van der Waals surface area contributed by atoms with E-state index in [-0.39, 0.29) is 30.2 Å². The Hall–Kier alpha value is -3.76. The average molecular weight is 467 g/mol. The van der Waals surface area contributed by atoms with E-state index in [0.29, 0.717) is 23.2 Å². The number of aryl methyl sites for hydroxylation is 2. The number of anilines is 1. The van der Waals surface area contributed by atoms with Gasteiger partial charge in [0.05, 0.1) is 17.7 Å². The lowest BCUT2D eigenvalue weighted by molar-refractivity contribution is -0.116. The number of sulfonamides is 1. The molecule has 4 aromatic rings. The third-order valence-electron chi connectivity index (χ3n) is 4.80. The highest BCUT2D eigenvalue weighted by Gasteiger charge is 2.15.